The minimum absolute atomic E-state index is 0.0675. The summed E-state index contributed by atoms with van der Waals surface area (Å²) >= 11 is 0. The number of esters is 1. The van der Waals surface area contributed by atoms with Gasteiger partial charge in [-0.25, -0.2) is 4.79 Å². The van der Waals surface area contributed by atoms with Crippen molar-refractivity contribution in [3.8, 4) is 11.1 Å². The molecule has 4 amide bonds. The predicted molar refractivity (Wildman–Crippen MR) is 212 cm³/mol. The van der Waals surface area contributed by atoms with Crippen molar-refractivity contribution >= 4 is 29.8 Å². The van der Waals surface area contributed by atoms with E-state index in [-0.39, 0.29) is 56.3 Å². The first-order valence-electron chi connectivity index (χ1n) is 19.9. The molecule has 0 radical (unpaired) electrons. The Morgan fingerprint density at radius 1 is 0.839 bits per heavy atom. The molecular weight excluding hydrogens is 711 g/mol. The number of carbonyl (C=O) groups excluding carboxylic acids is 5. The first-order chi connectivity index (χ1) is 26.9. The summed E-state index contributed by atoms with van der Waals surface area (Å²) in [5.41, 5.74) is 4.68. The number of hydrogen-bond donors (Lipinski definition) is 4. The second-order valence-corrected chi connectivity index (χ2v) is 16.2. The monoisotopic (exact) mass is 765 g/mol. The maximum atomic E-state index is 14.7. The fourth-order valence-corrected chi connectivity index (χ4v) is 8.15. The smallest absolute Gasteiger partial charge is 0.407 e. The number of ether oxygens (including phenoxy) is 2. The van der Waals surface area contributed by atoms with Crippen LogP contribution in [-0.2, 0) is 35.2 Å². The van der Waals surface area contributed by atoms with E-state index in [4.69, 9.17) is 9.47 Å². The highest BCUT2D eigenvalue weighted by atomic mass is 16.6. The van der Waals surface area contributed by atoms with E-state index in [1.165, 1.54) is 4.90 Å². The molecule has 3 aliphatic rings. The summed E-state index contributed by atoms with van der Waals surface area (Å²) in [4.78, 5) is 69.4. The van der Waals surface area contributed by atoms with Crippen molar-refractivity contribution in [3.05, 3.63) is 95.6 Å². The van der Waals surface area contributed by atoms with Crippen molar-refractivity contribution in [1.82, 2.24) is 26.2 Å². The van der Waals surface area contributed by atoms with Crippen LogP contribution in [0.25, 0.3) is 11.1 Å². The van der Waals surface area contributed by atoms with Gasteiger partial charge in [-0.3, -0.25) is 24.5 Å². The van der Waals surface area contributed by atoms with Crippen LogP contribution in [0.4, 0.5) is 4.79 Å². The summed E-state index contributed by atoms with van der Waals surface area (Å²) in [5.74, 6) is -1.91. The van der Waals surface area contributed by atoms with Crippen LogP contribution in [0.1, 0.15) is 88.8 Å². The van der Waals surface area contributed by atoms with Crippen LogP contribution in [0.2, 0.25) is 0 Å². The molecule has 0 spiro atoms. The van der Waals surface area contributed by atoms with Gasteiger partial charge in [-0.15, -0.1) is 0 Å². The zero-order valence-corrected chi connectivity index (χ0v) is 32.8. The van der Waals surface area contributed by atoms with Crippen molar-refractivity contribution in [2.75, 3.05) is 19.7 Å². The Kier molecular flexibility index (Phi) is 13.1. The van der Waals surface area contributed by atoms with Gasteiger partial charge in [0.25, 0.3) is 0 Å². The number of alkyl carbamates (subject to hydrolysis) is 1. The third-order valence-corrected chi connectivity index (χ3v) is 10.9. The van der Waals surface area contributed by atoms with Crippen molar-refractivity contribution in [2.24, 2.45) is 5.92 Å². The summed E-state index contributed by atoms with van der Waals surface area (Å²) in [5, 5.41) is 11.8. The van der Waals surface area contributed by atoms with Gasteiger partial charge in [-0.2, -0.15) is 0 Å². The van der Waals surface area contributed by atoms with Gasteiger partial charge in [0.15, 0.2) is 0 Å². The van der Waals surface area contributed by atoms with Gasteiger partial charge in [-0.05, 0) is 80.7 Å². The Bertz CT molecular complexity index is 1830. The van der Waals surface area contributed by atoms with Crippen LogP contribution in [-0.4, -0.2) is 84.1 Å². The third kappa shape index (κ3) is 10.1. The molecular formula is C44H55N5O7. The summed E-state index contributed by atoms with van der Waals surface area (Å²) in [6, 6.07) is 22.6. The van der Waals surface area contributed by atoms with Crippen LogP contribution < -0.4 is 21.3 Å². The average Bonchev–Trinajstić information content (AvgIpc) is 3.76. The van der Waals surface area contributed by atoms with Gasteiger partial charge < -0.3 is 30.3 Å². The van der Waals surface area contributed by atoms with E-state index < -0.39 is 47.7 Å². The number of amides is 4. The topological polar surface area (TPSA) is 155 Å². The van der Waals surface area contributed by atoms with Crippen LogP contribution in [0, 0.1) is 5.92 Å². The van der Waals surface area contributed by atoms with Crippen LogP contribution in [0.15, 0.2) is 78.9 Å². The van der Waals surface area contributed by atoms with E-state index >= 15 is 0 Å². The van der Waals surface area contributed by atoms with Crippen LogP contribution >= 0.6 is 0 Å². The number of benzene rings is 3. The van der Waals surface area contributed by atoms with Gasteiger partial charge in [0.05, 0.1) is 18.6 Å². The highest BCUT2D eigenvalue weighted by Crippen LogP contribution is 2.44. The standard InChI is InChI=1S/C44H55N5O7/c1-28(45-25-38(50)56-44(2,3)4)40(51)48-39(30-17-9-6-10-18-30)42(53)49-26-31(23-37(49)41(52)46-24-29-15-7-5-8-16-29)47-43(54)55-27-36-34-21-13-11-19-32(34)33-20-12-14-22-35(33)36/h5,7-8,11-16,19-22,28,30-31,36-37,39,45H,6,9-10,17-18,23-27H2,1-4H3,(H,46,52)(H,47,54)(H,48,51)/t28?,31-,37-,39?/m0/s1. The number of fused-ring (bicyclic) bond motifs is 3. The zero-order valence-electron chi connectivity index (χ0n) is 32.8. The number of rotatable bonds is 13. The second-order valence-electron chi connectivity index (χ2n) is 16.2. The lowest BCUT2D eigenvalue weighted by Gasteiger charge is -2.35. The van der Waals surface area contributed by atoms with E-state index in [9.17, 15) is 24.0 Å². The molecule has 2 aliphatic carbocycles. The van der Waals surface area contributed by atoms with E-state index in [1.54, 1.807) is 27.7 Å². The fourth-order valence-electron chi connectivity index (χ4n) is 8.15. The molecule has 4 N–H and O–H groups in total. The van der Waals surface area contributed by atoms with Gasteiger partial charge in [-0.1, -0.05) is 98.1 Å². The Labute approximate surface area is 329 Å². The Morgan fingerprint density at radius 3 is 2.11 bits per heavy atom. The summed E-state index contributed by atoms with van der Waals surface area (Å²) in [6.07, 6.45) is 3.92. The summed E-state index contributed by atoms with van der Waals surface area (Å²) in [7, 11) is 0. The molecule has 56 heavy (non-hydrogen) atoms. The first-order valence-corrected chi connectivity index (χ1v) is 19.9. The molecule has 1 heterocycles. The quantitative estimate of drug-likeness (QED) is 0.173. The molecule has 2 fully saturated rings. The Hall–Kier alpha value is -5.23. The second kappa shape index (κ2) is 18.1. The zero-order chi connectivity index (χ0) is 39.8. The van der Waals surface area contributed by atoms with E-state index in [1.807, 2.05) is 54.6 Å². The maximum absolute atomic E-state index is 14.7. The number of nitrogens with one attached hydrogen (secondary N) is 4. The minimum atomic E-state index is -0.897. The van der Waals surface area contributed by atoms with Gasteiger partial charge in [0.1, 0.15) is 24.3 Å². The highest BCUT2D eigenvalue weighted by Gasteiger charge is 2.45. The minimum Gasteiger partial charge on any atom is -0.459 e. The third-order valence-electron chi connectivity index (χ3n) is 10.9. The van der Waals surface area contributed by atoms with E-state index in [0.29, 0.717) is 0 Å². The Balaban J connectivity index is 1.15. The fraction of sp³-hybridized carbons (Fsp3) is 0.477. The van der Waals surface area contributed by atoms with Crippen molar-refractivity contribution < 1.29 is 33.4 Å². The molecule has 12 nitrogen and oxygen atoms in total. The maximum Gasteiger partial charge on any atom is 0.407 e. The molecule has 6 rings (SSSR count). The number of hydrogen-bond acceptors (Lipinski definition) is 8. The molecule has 298 valence electrons. The van der Waals surface area contributed by atoms with E-state index in [2.05, 4.69) is 45.5 Å². The molecule has 12 heteroatoms. The molecule has 2 unspecified atom stereocenters. The van der Waals surface area contributed by atoms with Gasteiger partial charge in [0, 0.05) is 19.0 Å². The largest absolute Gasteiger partial charge is 0.459 e. The molecule has 0 aromatic heterocycles. The van der Waals surface area contributed by atoms with Crippen LogP contribution in [0.5, 0.6) is 0 Å². The molecule has 3 aromatic carbocycles. The molecule has 3 aromatic rings. The number of nitrogens with zero attached hydrogens (tertiary/aromatic N) is 1. The summed E-state index contributed by atoms with van der Waals surface area (Å²) in [6.45, 7) is 7.24. The lowest BCUT2D eigenvalue weighted by Crippen LogP contribution is -2.58. The van der Waals surface area contributed by atoms with E-state index in [0.717, 1.165) is 59.9 Å². The first kappa shape index (κ1) is 40.4. The van der Waals surface area contributed by atoms with Gasteiger partial charge >= 0.3 is 12.1 Å². The van der Waals surface area contributed by atoms with Crippen molar-refractivity contribution in [2.45, 2.75) is 108 Å². The average molecular weight is 766 g/mol. The number of likely N-dealkylation sites (tertiary alicyclic amines) is 1. The normalized spacial score (nSPS) is 19.2. The predicted octanol–water partition coefficient (Wildman–Crippen LogP) is 5.20. The van der Waals surface area contributed by atoms with Crippen molar-refractivity contribution in [3.63, 3.8) is 0 Å². The SMILES string of the molecule is CC(NCC(=O)OC(C)(C)C)C(=O)NC(C(=O)N1C[C@@H](NC(=O)OCC2c3ccccc3-c3ccccc32)C[C@H]1C(=O)NCc1ccccc1)C1CCCCC1. The number of carbonyl (C=O) groups is 5. The van der Waals surface area contributed by atoms with Crippen molar-refractivity contribution in [1.29, 1.82) is 0 Å². The Morgan fingerprint density at radius 2 is 1.46 bits per heavy atom. The lowest BCUT2D eigenvalue weighted by atomic mass is 9.83. The lowest BCUT2D eigenvalue weighted by molar-refractivity contribution is -0.153. The molecule has 4 atom stereocenters. The summed E-state index contributed by atoms with van der Waals surface area (Å²) < 4.78 is 11.2. The molecule has 1 saturated heterocycles. The van der Waals surface area contributed by atoms with Crippen LogP contribution in [0.3, 0.4) is 0 Å². The highest BCUT2D eigenvalue weighted by molar-refractivity contribution is 5.94. The molecule has 0 bridgehead atoms. The van der Waals surface area contributed by atoms with Gasteiger partial charge in [0.2, 0.25) is 17.7 Å². The molecule has 1 saturated carbocycles. The molecule has 1 aliphatic heterocycles.